The Bertz CT molecular complexity index is 1960. The molecule has 0 amide bonds. The van der Waals surface area contributed by atoms with Crippen LogP contribution in [-0.2, 0) is 42.7 Å². The highest BCUT2D eigenvalue weighted by molar-refractivity contribution is 6.30. The summed E-state index contributed by atoms with van der Waals surface area (Å²) in [6, 6.07) is 5.38. The van der Waals surface area contributed by atoms with Crippen LogP contribution in [0, 0.1) is 0 Å². The molecule has 322 valence electrons. The SMILES string of the molecule is CCC1(O)CC(OC2CC(N(C)C)C(OC3CC(O)C(OC4CCC(=O)C(C)O4)C(C)O3)C(C)O2)c2c(cc3c(c2OC)C(=O)c2c(O)cccc2C3=O)C1C(=O)OC. The number of aliphatic hydroxyl groups excluding tert-OH is 1. The van der Waals surface area contributed by atoms with Crippen LogP contribution < -0.4 is 4.74 Å². The summed E-state index contributed by atoms with van der Waals surface area (Å²) in [7, 11) is 6.35. The van der Waals surface area contributed by atoms with Gasteiger partial charge in [-0.05, 0) is 59.0 Å². The smallest absolute Gasteiger partial charge is 0.316 e. The molecule has 59 heavy (non-hydrogen) atoms. The number of hydrogen-bond donors (Lipinski definition) is 3. The first-order valence-corrected chi connectivity index (χ1v) is 20.3. The first-order chi connectivity index (χ1) is 28.0. The fourth-order valence-electron chi connectivity index (χ4n) is 9.46. The number of carbonyl (C=O) groups excluding carboxylic acids is 4. The van der Waals surface area contributed by atoms with Crippen molar-refractivity contribution < 1.29 is 72.4 Å². The van der Waals surface area contributed by atoms with Crippen molar-refractivity contribution in [2.75, 3.05) is 28.3 Å². The van der Waals surface area contributed by atoms with Crippen LogP contribution in [0.5, 0.6) is 11.5 Å². The lowest BCUT2D eigenvalue weighted by molar-refractivity contribution is -0.324. The Morgan fingerprint density at radius 1 is 0.898 bits per heavy atom. The number of phenolic OH excluding ortho intramolecular Hbond substituents is 1. The van der Waals surface area contributed by atoms with E-state index in [2.05, 4.69) is 0 Å². The molecule has 0 aromatic heterocycles. The van der Waals surface area contributed by atoms with Gasteiger partial charge in [0.25, 0.3) is 0 Å². The van der Waals surface area contributed by atoms with Gasteiger partial charge in [0.15, 0.2) is 30.4 Å². The van der Waals surface area contributed by atoms with Gasteiger partial charge in [0.1, 0.15) is 35.7 Å². The van der Waals surface area contributed by atoms with Crippen molar-refractivity contribution in [3.63, 3.8) is 0 Å². The van der Waals surface area contributed by atoms with E-state index in [0.717, 1.165) is 0 Å². The number of carbonyl (C=O) groups is 4. The molecule has 0 radical (unpaired) electrons. The topological polar surface area (TPSA) is 206 Å². The number of Topliss-reactive ketones (excluding diaryl/α,β-unsaturated/α-hetero) is 1. The number of esters is 1. The molecule has 3 heterocycles. The molecule has 3 saturated heterocycles. The second-order valence-electron chi connectivity index (χ2n) is 16.5. The number of phenols is 1. The maximum absolute atomic E-state index is 14.2. The van der Waals surface area contributed by atoms with E-state index in [9.17, 15) is 34.5 Å². The van der Waals surface area contributed by atoms with Crippen molar-refractivity contribution in [3.05, 3.63) is 57.6 Å². The Hall–Kier alpha value is -3.84. The second-order valence-corrected chi connectivity index (χ2v) is 16.5. The van der Waals surface area contributed by atoms with E-state index in [1.54, 1.807) is 20.8 Å². The van der Waals surface area contributed by atoms with Crippen LogP contribution in [0.2, 0.25) is 0 Å². The molecule has 0 spiro atoms. The lowest BCUT2D eigenvalue weighted by Crippen LogP contribution is -2.58. The van der Waals surface area contributed by atoms with Crippen LogP contribution in [-0.4, -0.2) is 139 Å². The maximum Gasteiger partial charge on any atom is 0.316 e. The minimum atomic E-state index is -1.70. The molecule has 3 N–H and O–H groups in total. The van der Waals surface area contributed by atoms with Crippen molar-refractivity contribution in [1.82, 2.24) is 4.90 Å². The zero-order chi connectivity index (χ0) is 42.7. The lowest BCUT2D eigenvalue weighted by Gasteiger charge is -2.48. The number of aliphatic hydroxyl groups is 2. The molecule has 3 fully saturated rings. The molecule has 7 rings (SSSR count). The summed E-state index contributed by atoms with van der Waals surface area (Å²) in [4.78, 5) is 55.6. The largest absolute Gasteiger partial charge is 0.507 e. The second kappa shape index (κ2) is 16.9. The predicted octanol–water partition coefficient (Wildman–Crippen LogP) is 3.46. The monoisotopic (exact) mass is 825 g/mol. The number of aromatic hydroxyl groups is 1. The Balaban J connectivity index is 1.15. The maximum atomic E-state index is 14.2. The summed E-state index contributed by atoms with van der Waals surface area (Å²) >= 11 is 0. The van der Waals surface area contributed by atoms with E-state index in [0.29, 0.717) is 12.8 Å². The van der Waals surface area contributed by atoms with Gasteiger partial charge in [0.05, 0.1) is 55.4 Å². The van der Waals surface area contributed by atoms with Gasteiger partial charge in [-0.2, -0.15) is 0 Å². The summed E-state index contributed by atoms with van der Waals surface area (Å²) in [6.45, 7) is 7.04. The number of fused-ring (bicyclic) bond motifs is 3. The zero-order valence-electron chi connectivity index (χ0n) is 34.7. The number of rotatable bonds is 10. The Morgan fingerprint density at radius 2 is 1.58 bits per heavy atom. The summed E-state index contributed by atoms with van der Waals surface area (Å²) in [5.41, 5.74) is -1.49. The quantitative estimate of drug-likeness (QED) is 0.250. The molecule has 0 bridgehead atoms. The summed E-state index contributed by atoms with van der Waals surface area (Å²) in [5, 5.41) is 34.1. The number of likely N-dealkylation sites (N-methyl/N-ethyl adjacent to an activating group) is 1. The van der Waals surface area contributed by atoms with Gasteiger partial charge >= 0.3 is 5.97 Å². The van der Waals surface area contributed by atoms with Gasteiger partial charge in [-0.25, -0.2) is 0 Å². The van der Waals surface area contributed by atoms with Gasteiger partial charge in [-0.1, -0.05) is 19.1 Å². The third kappa shape index (κ3) is 7.83. The average Bonchev–Trinajstić information content (AvgIpc) is 3.19. The minimum Gasteiger partial charge on any atom is -0.507 e. The Labute approximate surface area is 342 Å². The molecular weight excluding hydrogens is 770 g/mol. The zero-order valence-corrected chi connectivity index (χ0v) is 34.7. The fourth-order valence-corrected chi connectivity index (χ4v) is 9.46. The number of ether oxygens (including phenoxy) is 8. The fraction of sp³-hybridized carbons (Fsp3) is 0.628. The summed E-state index contributed by atoms with van der Waals surface area (Å²) < 4.78 is 48.9. The molecule has 0 saturated carbocycles. The van der Waals surface area contributed by atoms with E-state index in [4.69, 9.17) is 37.9 Å². The van der Waals surface area contributed by atoms with Crippen molar-refractivity contribution in [3.8, 4) is 11.5 Å². The molecule has 16 heteroatoms. The van der Waals surface area contributed by atoms with Gasteiger partial charge in [-0.15, -0.1) is 0 Å². The van der Waals surface area contributed by atoms with E-state index in [1.807, 2.05) is 25.9 Å². The number of nitrogens with zero attached hydrogens (tertiary/aromatic N) is 1. The van der Waals surface area contributed by atoms with Crippen LogP contribution in [0.1, 0.15) is 121 Å². The molecule has 2 aliphatic carbocycles. The van der Waals surface area contributed by atoms with Crippen LogP contribution >= 0.6 is 0 Å². The van der Waals surface area contributed by atoms with E-state index in [1.165, 1.54) is 38.5 Å². The van der Waals surface area contributed by atoms with Gasteiger partial charge in [0.2, 0.25) is 5.78 Å². The van der Waals surface area contributed by atoms with Crippen LogP contribution in [0.15, 0.2) is 24.3 Å². The third-order valence-corrected chi connectivity index (χ3v) is 12.6. The van der Waals surface area contributed by atoms with Crippen LogP contribution in [0.4, 0.5) is 0 Å². The molecule has 2 aromatic carbocycles. The molecular formula is C43H55NO15. The summed E-state index contributed by atoms with van der Waals surface area (Å²) in [6.07, 6.45) is -6.14. The Morgan fingerprint density at radius 3 is 2.20 bits per heavy atom. The first kappa shape index (κ1) is 43.3. The average molecular weight is 826 g/mol. The van der Waals surface area contributed by atoms with Crippen LogP contribution in [0.3, 0.4) is 0 Å². The minimum absolute atomic E-state index is 0.00257. The van der Waals surface area contributed by atoms with E-state index >= 15 is 0 Å². The van der Waals surface area contributed by atoms with Gasteiger partial charge < -0.3 is 58.1 Å². The number of methoxy groups -OCH3 is 2. The molecule has 2 aromatic rings. The van der Waals surface area contributed by atoms with Crippen molar-refractivity contribution in [2.24, 2.45) is 0 Å². The van der Waals surface area contributed by atoms with Gasteiger partial charge in [0, 0.05) is 54.8 Å². The molecule has 13 unspecified atom stereocenters. The van der Waals surface area contributed by atoms with Crippen molar-refractivity contribution >= 4 is 23.3 Å². The first-order valence-electron chi connectivity index (χ1n) is 20.3. The number of benzene rings is 2. The highest BCUT2D eigenvalue weighted by atomic mass is 16.7. The standard InChI is InChI=1S/C43H55NO15/c1-9-43(51)18-29(34-23(36(43)42(50)53-8)15-24-35(41(34)52-7)38(49)33-22(37(24)48)11-10-12-27(33)46)57-31-16-25(44(5)6)39(20(3)55-31)59-32-17-28(47)40(21(4)56-32)58-30-14-13-26(45)19(2)54-30/h10-12,15,19-21,25,28-32,36,39-40,46-47,51H,9,13-14,16-18H2,1-8H3. The number of ketones is 3. The van der Waals surface area contributed by atoms with Crippen molar-refractivity contribution in [1.29, 1.82) is 0 Å². The normalized spacial score (nSPS) is 35.8. The molecule has 13 atom stereocenters. The lowest BCUT2D eigenvalue weighted by atomic mass is 9.67. The van der Waals surface area contributed by atoms with E-state index in [-0.39, 0.29) is 82.4 Å². The van der Waals surface area contributed by atoms with Gasteiger partial charge in [-0.3, -0.25) is 19.2 Å². The molecule has 5 aliphatic rings. The highest BCUT2D eigenvalue weighted by Crippen LogP contribution is 2.54. The Kier molecular flexibility index (Phi) is 12.4. The molecule has 16 nitrogen and oxygen atoms in total. The third-order valence-electron chi connectivity index (χ3n) is 12.6. The van der Waals surface area contributed by atoms with Crippen LogP contribution in [0.25, 0.3) is 0 Å². The predicted molar refractivity (Wildman–Crippen MR) is 206 cm³/mol. The summed E-state index contributed by atoms with van der Waals surface area (Å²) in [5.74, 6) is -3.56. The molecule has 3 aliphatic heterocycles. The number of hydrogen-bond acceptors (Lipinski definition) is 16. The highest BCUT2D eigenvalue weighted by Gasteiger charge is 2.54. The van der Waals surface area contributed by atoms with Crippen molar-refractivity contribution in [2.45, 2.75) is 145 Å². The van der Waals surface area contributed by atoms with E-state index < -0.39 is 90.7 Å².